The number of benzene rings is 1. The third-order valence-electron chi connectivity index (χ3n) is 3.86. The molecule has 1 aromatic carbocycles. The lowest BCUT2D eigenvalue weighted by Gasteiger charge is -2.19. The van der Waals surface area contributed by atoms with E-state index in [-0.39, 0.29) is 41.9 Å². The van der Waals surface area contributed by atoms with Gasteiger partial charge < -0.3 is 30.0 Å². The number of guanidine groups is 1. The quantitative estimate of drug-likeness (QED) is 0.302. The fourth-order valence-electron chi connectivity index (χ4n) is 2.52. The molecule has 1 aromatic rings. The predicted molar refractivity (Wildman–Crippen MR) is 113 cm³/mol. The standard InChI is InChI=1S/C18H29N3O4.HI/c1-4-19-18(21-13(2)11-25-15-7-8-24-12-15)20-10-14-5-6-17(23-3)16(22)9-14;/h5-6,9,13,15,22H,4,7-8,10-12H2,1-3H3,(H2,19,20,21);1H. The molecule has 0 spiro atoms. The first-order valence-corrected chi connectivity index (χ1v) is 8.72. The Morgan fingerprint density at radius 1 is 1.46 bits per heavy atom. The Morgan fingerprint density at radius 3 is 2.88 bits per heavy atom. The SMILES string of the molecule is CCNC(=NCc1ccc(OC)c(O)c1)NC(C)COC1CCOC1.I. The maximum atomic E-state index is 9.85. The molecule has 0 saturated carbocycles. The lowest BCUT2D eigenvalue weighted by Crippen LogP contribution is -2.44. The van der Waals surface area contributed by atoms with E-state index >= 15 is 0 Å². The first-order chi connectivity index (χ1) is 12.1. The number of halogens is 1. The zero-order valence-corrected chi connectivity index (χ0v) is 18.0. The summed E-state index contributed by atoms with van der Waals surface area (Å²) in [5, 5.41) is 16.4. The van der Waals surface area contributed by atoms with Gasteiger partial charge in [0.15, 0.2) is 17.5 Å². The number of ether oxygens (including phenoxy) is 3. The van der Waals surface area contributed by atoms with Gasteiger partial charge in [0, 0.05) is 19.2 Å². The van der Waals surface area contributed by atoms with Crippen LogP contribution in [-0.4, -0.2) is 56.7 Å². The second-order valence-corrected chi connectivity index (χ2v) is 6.07. The molecule has 1 saturated heterocycles. The van der Waals surface area contributed by atoms with Gasteiger partial charge in [0.1, 0.15) is 0 Å². The predicted octanol–water partition coefficient (Wildman–Crippen LogP) is 2.27. The van der Waals surface area contributed by atoms with Crippen LogP contribution in [0.25, 0.3) is 0 Å². The molecule has 148 valence electrons. The average molecular weight is 479 g/mol. The minimum absolute atomic E-state index is 0. The molecule has 0 radical (unpaired) electrons. The molecule has 2 atom stereocenters. The molecule has 8 heteroatoms. The van der Waals surface area contributed by atoms with Crippen LogP contribution in [0.4, 0.5) is 0 Å². The van der Waals surface area contributed by atoms with Gasteiger partial charge in [0.05, 0.1) is 33.0 Å². The second-order valence-electron chi connectivity index (χ2n) is 6.07. The van der Waals surface area contributed by atoms with Crippen LogP contribution in [-0.2, 0) is 16.0 Å². The number of phenolic OH excluding ortho intramolecular Hbond substituents is 1. The molecule has 0 amide bonds. The van der Waals surface area contributed by atoms with E-state index in [1.807, 2.05) is 13.0 Å². The summed E-state index contributed by atoms with van der Waals surface area (Å²) >= 11 is 0. The summed E-state index contributed by atoms with van der Waals surface area (Å²) in [6, 6.07) is 5.42. The van der Waals surface area contributed by atoms with Crippen molar-refractivity contribution in [3.63, 3.8) is 0 Å². The van der Waals surface area contributed by atoms with Crippen molar-refractivity contribution in [2.24, 2.45) is 4.99 Å². The Morgan fingerprint density at radius 2 is 2.27 bits per heavy atom. The number of hydrogen-bond donors (Lipinski definition) is 3. The number of phenols is 1. The highest BCUT2D eigenvalue weighted by molar-refractivity contribution is 14.0. The average Bonchev–Trinajstić information content (AvgIpc) is 3.12. The molecule has 1 aliphatic heterocycles. The van der Waals surface area contributed by atoms with Gasteiger partial charge in [0.2, 0.25) is 0 Å². The Bertz CT molecular complexity index is 565. The molecule has 0 aliphatic carbocycles. The second kappa shape index (κ2) is 12.2. The lowest BCUT2D eigenvalue weighted by molar-refractivity contribution is 0.0347. The minimum Gasteiger partial charge on any atom is -0.504 e. The van der Waals surface area contributed by atoms with Gasteiger partial charge in [-0.05, 0) is 38.0 Å². The number of aliphatic imine (C=N–C) groups is 1. The first kappa shape index (κ1) is 22.8. The van der Waals surface area contributed by atoms with Gasteiger partial charge in [-0.25, -0.2) is 4.99 Å². The third kappa shape index (κ3) is 7.55. The Hall–Kier alpha value is -1.26. The summed E-state index contributed by atoms with van der Waals surface area (Å²) in [6.07, 6.45) is 1.16. The van der Waals surface area contributed by atoms with Crippen molar-refractivity contribution in [1.29, 1.82) is 0 Å². The third-order valence-corrected chi connectivity index (χ3v) is 3.86. The van der Waals surface area contributed by atoms with Gasteiger partial charge in [0.25, 0.3) is 0 Å². The highest BCUT2D eigenvalue weighted by Gasteiger charge is 2.17. The summed E-state index contributed by atoms with van der Waals surface area (Å²) < 4.78 is 16.2. The summed E-state index contributed by atoms with van der Waals surface area (Å²) in [5.41, 5.74) is 0.905. The topological polar surface area (TPSA) is 84.3 Å². The van der Waals surface area contributed by atoms with Crippen LogP contribution in [0.2, 0.25) is 0 Å². The van der Waals surface area contributed by atoms with Gasteiger partial charge >= 0.3 is 0 Å². The van der Waals surface area contributed by atoms with Crippen LogP contribution in [0.15, 0.2) is 23.2 Å². The zero-order valence-electron chi connectivity index (χ0n) is 15.7. The molecule has 1 aliphatic rings. The fraction of sp³-hybridized carbons (Fsp3) is 0.611. The number of nitrogens with zero attached hydrogens (tertiary/aromatic N) is 1. The number of hydrogen-bond acceptors (Lipinski definition) is 5. The molecule has 26 heavy (non-hydrogen) atoms. The highest BCUT2D eigenvalue weighted by Crippen LogP contribution is 2.26. The van der Waals surface area contributed by atoms with Crippen molar-refractivity contribution in [2.75, 3.05) is 33.5 Å². The molecule has 0 aromatic heterocycles. The molecule has 2 rings (SSSR count). The molecular weight excluding hydrogens is 449 g/mol. The van der Waals surface area contributed by atoms with E-state index in [2.05, 4.69) is 22.5 Å². The first-order valence-electron chi connectivity index (χ1n) is 8.72. The lowest BCUT2D eigenvalue weighted by atomic mass is 10.2. The van der Waals surface area contributed by atoms with Gasteiger partial charge in [-0.2, -0.15) is 0 Å². The van der Waals surface area contributed by atoms with Crippen LogP contribution >= 0.6 is 24.0 Å². The molecule has 1 heterocycles. The van der Waals surface area contributed by atoms with E-state index in [9.17, 15) is 5.11 Å². The van der Waals surface area contributed by atoms with Gasteiger partial charge in [-0.3, -0.25) is 0 Å². The Kier molecular flexibility index (Phi) is 10.7. The van der Waals surface area contributed by atoms with E-state index in [1.54, 1.807) is 12.1 Å². The van der Waals surface area contributed by atoms with Crippen LogP contribution in [0, 0.1) is 0 Å². The van der Waals surface area contributed by atoms with E-state index in [1.165, 1.54) is 7.11 Å². The summed E-state index contributed by atoms with van der Waals surface area (Å²) in [5.74, 6) is 1.30. The van der Waals surface area contributed by atoms with Crippen molar-refractivity contribution in [2.45, 2.75) is 39.0 Å². The van der Waals surface area contributed by atoms with Crippen molar-refractivity contribution < 1.29 is 19.3 Å². The highest BCUT2D eigenvalue weighted by atomic mass is 127. The molecule has 3 N–H and O–H groups in total. The summed E-state index contributed by atoms with van der Waals surface area (Å²) in [7, 11) is 1.53. The number of nitrogens with one attached hydrogen (secondary N) is 2. The van der Waals surface area contributed by atoms with Gasteiger partial charge in [-0.15, -0.1) is 24.0 Å². The van der Waals surface area contributed by atoms with Crippen molar-refractivity contribution in [3.05, 3.63) is 23.8 Å². The van der Waals surface area contributed by atoms with Crippen molar-refractivity contribution in [3.8, 4) is 11.5 Å². The number of aromatic hydroxyl groups is 1. The number of methoxy groups -OCH3 is 1. The maximum Gasteiger partial charge on any atom is 0.191 e. The van der Waals surface area contributed by atoms with Crippen LogP contribution < -0.4 is 15.4 Å². The maximum absolute atomic E-state index is 9.85. The molecule has 0 bridgehead atoms. The summed E-state index contributed by atoms with van der Waals surface area (Å²) in [4.78, 5) is 4.56. The van der Waals surface area contributed by atoms with Crippen molar-refractivity contribution in [1.82, 2.24) is 10.6 Å². The van der Waals surface area contributed by atoms with E-state index in [0.29, 0.717) is 25.5 Å². The Labute approximate surface area is 172 Å². The molecule has 7 nitrogen and oxygen atoms in total. The number of rotatable bonds is 8. The monoisotopic (exact) mass is 479 g/mol. The molecule has 2 unspecified atom stereocenters. The van der Waals surface area contributed by atoms with Crippen LogP contribution in [0.3, 0.4) is 0 Å². The van der Waals surface area contributed by atoms with Crippen LogP contribution in [0.1, 0.15) is 25.8 Å². The van der Waals surface area contributed by atoms with Crippen molar-refractivity contribution >= 4 is 29.9 Å². The normalized spacial score (nSPS) is 18.1. The van der Waals surface area contributed by atoms with Gasteiger partial charge in [-0.1, -0.05) is 6.07 Å². The Balaban J connectivity index is 0.00000338. The molecule has 1 fully saturated rings. The van der Waals surface area contributed by atoms with E-state index in [0.717, 1.165) is 31.1 Å². The smallest absolute Gasteiger partial charge is 0.191 e. The zero-order chi connectivity index (χ0) is 18.1. The fourth-order valence-corrected chi connectivity index (χ4v) is 2.52. The van der Waals surface area contributed by atoms with E-state index in [4.69, 9.17) is 14.2 Å². The summed E-state index contributed by atoms with van der Waals surface area (Å²) in [6.45, 7) is 7.37. The van der Waals surface area contributed by atoms with E-state index < -0.39 is 0 Å². The largest absolute Gasteiger partial charge is 0.504 e. The minimum atomic E-state index is 0. The molecular formula is C18H30IN3O4. The van der Waals surface area contributed by atoms with Crippen LogP contribution in [0.5, 0.6) is 11.5 Å².